The quantitative estimate of drug-likeness (QED) is 0.828. The van der Waals surface area contributed by atoms with Crippen LogP contribution < -0.4 is 10.2 Å². The normalized spacial score (nSPS) is 14.0. The highest BCUT2D eigenvalue weighted by atomic mass is 35.5. The van der Waals surface area contributed by atoms with Crippen LogP contribution in [0.2, 0.25) is 5.02 Å². The summed E-state index contributed by atoms with van der Waals surface area (Å²) in [6.45, 7) is 2.13. The molecule has 2 aromatic rings. The standard InChI is InChI=1S/C17H18ClN3OS/c18-14-5-1-2-6-15(14)23-12-17(22)20-13-7-8-16(19-11-13)21-9-3-4-10-21/h1-2,5-8,11H,3-4,9-10,12H2,(H,20,22). The molecule has 0 radical (unpaired) electrons. The van der Waals surface area contributed by atoms with Crippen LogP contribution in [0.4, 0.5) is 11.5 Å². The molecule has 1 N–H and O–H groups in total. The molecule has 1 aliphatic heterocycles. The van der Waals surface area contributed by atoms with E-state index in [1.165, 1.54) is 24.6 Å². The molecule has 1 saturated heterocycles. The Balaban J connectivity index is 1.52. The van der Waals surface area contributed by atoms with Crippen LogP contribution in [-0.4, -0.2) is 29.7 Å². The molecule has 0 bridgehead atoms. The summed E-state index contributed by atoms with van der Waals surface area (Å²) in [5.74, 6) is 1.23. The lowest BCUT2D eigenvalue weighted by molar-refractivity contribution is -0.113. The Morgan fingerprint density at radius 2 is 2.00 bits per heavy atom. The molecule has 0 aliphatic carbocycles. The molecular formula is C17H18ClN3OS. The van der Waals surface area contributed by atoms with Gasteiger partial charge >= 0.3 is 0 Å². The second kappa shape index (κ2) is 7.70. The molecule has 1 aromatic carbocycles. The SMILES string of the molecule is O=C(CSc1ccccc1Cl)Nc1ccc(N2CCCC2)nc1. The zero-order valence-corrected chi connectivity index (χ0v) is 14.2. The third kappa shape index (κ3) is 4.39. The Bertz CT molecular complexity index is 672. The third-order valence-electron chi connectivity index (χ3n) is 3.66. The van der Waals surface area contributed by atoms with Crippen molar-refractivity contribution in [2.75, 3.05) is 29.1 Å². The molecule has 6 heteroatoms. The van der Waals surface area contributed by atoms with Crippen molar-refractivity contribution in [2.45, 2.75) is 17.7 Å². The molecule has 0 atom stereocenters. The van der Waals surface area contributed by atoms with E-state index in [0.717, 1.165) is 29.5 Å². The van der Waals surface area contributed by atoms with Crippen molar-refractivity contribution in [2.24, 2.45) is 0 Å². The largest absolute Gasteiger partial charge is 0.357 e. The number of benzene rings is 1. The molecule has 120 valence electrons. The maximum absolute atomic E-state index is 12.0. The van der Waals surface area contributed by atoms with Gasteiger partial charge in [-0.15, -0.1) is 11.8 Å². The first kappa shape index (κ1) is 16.1. The van der Waals surface area contributed by atoms with Crippen LogP contribution in [0.3, 0.4) is 0 Å². The lowest BCUT2D eigenvalue weighted by Crippen LogP contribution is -2.19. The van der Waals surface area contributed by atoms with E-state index in [9.17, 15) is 4.79 Å². The summed E-state index contributed by atoms with van der Waals surface area (Å²) in [7, 11) is 0. The minimum absolute atomic E-state index is 0.0642. The molecule has 1 aliphatic rings. The number of pyridine rings is 1. The smallest absolute Gasteiger partial charge is 0.234 e. The van der Waals surface area contributed by atoms with Gasteiger partial charge in [-0.05, 0) is 37.1 Å². The highest BCUT2D eigenvalue weighted by Gasteiger charge is 2.13. The molecule has 4 nitrogen and oxygen atoms in total. The van der Waals surface area contributed by atoms with Crippen molar-refractivity contribution < 1.29 is 4.79 Å². The van der Waals surface area contributed by atoms with Gasteiger partial charge in [0.15, 0.2) is 0 Å². The van der Waals surface area contributed by atoms with Gasteiger partial charge in [0.05, 0.1) is 22.7 Å². The Kier molecular flexibility index (Phi) is 5.41. The highest BCUT2D eigenvalue weighted by molar-refractivity contribution is 8.00. The number of carbonyl (C=O) groups excluding carboxylic acids is 1. The highest BCUT2D eigenvalue weighted by Crippen LogP contribution is 2.26. The predicted molar refractivity (Wildman–Crippen MR) is 96.5 cm³/mol. The molecule has 0 spiro atoms. The molecule has 23 heavy (non-hydrogen) atoms. The zero-order chi connectivity index (χ0) is 16.1. The summed E-state index contributed by atoms with van der Waals surface area (Å²) in [5, 5.41) is 3.53. The molecule has 1 amide bonds. The van der Waals surface area contributed by atoms with Crippen molar-refractivity contribution in [3.63, 3.8) is 0 Å². The number of anilines is 2. The van der Waals surface area contributed by atoms with Crippen LogP contribution in [0, 0.1) is 0 Å². The van der Waals surface area contributed by atoms with E-state index in [-0.39, 0.29) is 5.91 Å². The van der Waals surface area contributed by atoms with Crippen molar-refractivity contribution in [1.29, 1.82) is 0 Å². The summed E-state index contributed by atoms with van der Waals surface area (Å²) in [6, 6.07) is 11.4. The van der Waals surface area contributed by atoms with Crippen molar-refractivity contribution >= 4 is 40.8 Å². The average Bonchev–Trinajstić information content (AvgIpc) is 3.09. The van der Waals surface area contributed by atoms with E-state index < -0.39 is 0 Å². The van der Waals surface area contributed by atoms with E-state index >= 15 is 0 Å². The van der Waals surface area contributed by atoms with E-state index in [4.69, 9.17) is 11.6 Å². The first-order chi connectivity index (χ1) is 11.2. The molecular weight excluding hydrogens is 330 g/mol. The number of carbonyl (C=O) groups is 1. The van der Waals surface area contributed by atoms with Gasteiger partial charge in [0.25, 0.3) is 0 Å². The van der Waals surface area contributed by atoms with E-state index in [2.05, 4.69) is 15.2 Å². The van der Waals surface area contributed by atoms with Gasteiger partial charge in [0, 0.05) is 18.0 Å². The minimum atomic E-state index is -0.0642. The molecule has 2 heterocycles. The number of aromatic nitrogens is 1. The van der Waals surface area contributed by atoms with Crippen LogP contribution in [0.25, 0.3) is 0 Å². The third-order valence-corrected chi connectivity index (χ3v) is 5.17. The van der Waals surface area contributed by atoms with E-state index in [0.29, 0.717) is 10.8 Å². The summed E-state index contributed by atoms with van der Waals surface area (Å²) in [4.78, 5) is 19.6. The van der Waals surface area contributed by atoms with Crippen molar-refractivity contribution in [1.82, 2.24) is 4.98 Å². The van der Waals surface area contributed by atoms with E-state index in [1.807, 2.05) is 36.4 Å². The van der Waals surface area contributed by atoms with Crippen LogP contribution in [0.15, 0.2) is 47.5 Å². The Morgan fingerprint density at radius 3 is 2.70 bits per heavy atom. The fraction of sp³-hybridized carbons (Fsp3) is 0.294. The summed E-state index contributed by atoms with van der Waals surface area (Å²) in [5.41, 5.74) is 0.720. The number of hydrogen-bond donors (Lipinski definition) is 1. The molecule has 0 saturated carbocycles. The Morgan fingerprint density at radius 1 is 1.22 bits per heavy atom. The van der Waals surface area contributed by atoms with Gasteiger partial charge in [0.1, 0.15) is 5.82 Å². The van der Waals surface area contributed by atoms with Crippen LogP contribution in [0.1, 0.15) is 12.8 Å². The number of nitrogens with one attached hydrogen (secondary N) is 1. The van der Waals surface area contributed by atoms with Crippen LogP contribution in [-0.2, 0) is 4.79 Å². The first-order valence-corrected chi connectivity index (χ1v) is 8.97. The Hall–Kier alpha value is -1.72. The minimum Gasteiger partial charge on any atom is -0.357 e. The summed E-state index contributed by atoms with van der Waals surface area (Å²) in [6.07, 6.45) is 4.16. The second-order valence-electron chi connectivity index (χ2n) is 5.37. The number of amides is 1. The Labute approximate surface area is 145 Å². The van der Waals surface area contributed by atoms with Gasteiger partial charge in [-0.2, -0.15) is 0 Å². The fourth-order valence-electron chi connectivity index (χ4n) is 2.50. The molecule has 1 fully saturated rings. The average molecular weight is 348 g/mol. The summed E-state index contributed by atoms with van der Waals surface area (Å²) >= 11 is 7.51. The van der Waals surface area contributed by atoms with Gasteiger partial charge in [-0.3, -0.25) is 4.79 Å². The van der Waals surface area contributed by atoms with Crippen molar-refractivity contribution in [3.05, 3.63) is 47.6 Å². The van der Waals surface area contributed by atoms with Crippen molar-refractivity contribution in [3.8, 4) is 0 Å². The number of nitrogens with zero attached hydrogens (tertiary/aromatic N) is 2. The zero-order valence-electron chi connectivity index (χ0n) is 12.7. The summed E-state index contributed by atoms with van der Waals surface area (Å²) < 4.78 is 0. The van der Waals surface area contributed by atoms with Crippen LogP contribution >= 0.6 is 23.4 Å². The van der Waals surface area contributed by atoms with Gasteiger partial charge in [-0.25, -0.2) is 4.98 Å². The first-order valence-electron chi connectivity index (χ1n) is 7.60. The number of rotatable bonds is 5. The monoisotopic (exact) mass is 347 g/mol. The lowest BCUT2D eigenvalue weighted by atomic mass is 10.4. The van der Waals surface area contributed by atoms with Gasteiger partial charge < -0.3 is 10.2 Å². The topological polar surface area (TPSA) is 45.2 Å². The number of halogens is 1. The predicted octanol–water partition coefficient (Wildman–Crippen LogP) is 4.07. The lowest BCUT2D eigenvalue weighted by Gasteiger charge is -2.16. The van der Waals surface area contributed by atoms with Crippen LogP contribution in [0.5, 0.6) is 0 Å². The van der Waals surface area contributed by atoms with E-state index in [1.54, 1.807) is 6.20 Å². The second-order valence-corrected chi connectivity index (χ2v) is 6.79. The van der Waals surface area contributed by atoms with Gasteiger partial charge in [0.2, 0.25) is 5.91 Å². The molecule has 3 rings (SSSR count). The van der Waals surface area contributed by atoms with Gasteiger partial charge in [-0.1, -0.05) is 23.7 Å². The molecule has 1 aromatic heterocycles. The maximum Gasteiger partial charge on any atom is 0.234 e. The number of hydrogen-bond acceptors (Lipinski definition) is 4. The molecule has 0 unspecified atom stereocenters. The number of thioether (sulfide) groups is 1. The fourth-order valence-corrected chi connectivity index (χ4v) is 3.53. The maximum atomic E-state index is 12.0.